The molecule has 0 aliphatic carbocycles. The van der Waals surface area contributed by atoms with Crippen LogP contribution < -0.4 is 4.74 Å². The van der Waals surface area contributed by atoms with Gasteiger partial charge in [-0.1, -0.05) is 18.2 Å². The second-order valence-corrected chi connectivity index (χ2v) is 2.98. The van der Waals surface area contributed by atoms with Gasteiger partial charge in [0.05, 0.1) is 6.61 Å². The van der Waals surface area contributed by atoms with Gasteiger partial charge in [0.1, 0.15) is 5.75 Å². The van der Waals surface area contributed by atoms with E-state index in [1.807, 2.05) is 24.3 Å². The zero-order valence-corrected chi connectivity index (χ0v) is 7.27. The Bertz CT molecular complexity index is 285. The first-order valence-corrected chi connectivity index (χ1v) is 4.37. The van der Waals surface area contributed by atoms with Gasteiger partial charge in [-0.2, -0.15) is 0 Å². The molecule has 1 unspecified atom stereocenters. The lowest BCUT2D eigenvalue weighted by Crippen LogP contribution is -2.26. The maximum atomic E-state index is 8.71. The SMILES string of the molecule is OCCC1OCc2ccccc2O1. The van der Waals surface area contributed by atoms with Gasteiger partial charge >= 0.3 is 0 Å². The van der Waals surface area contributed by atoms with E-state index in [-0.39, 0.29) is 12.9 Å². The molecule has 0 bridgehead atoms. The number of rotatable bonds is 2. The summed E-state index contributed by atoms with van der Waals surface area (Å²) in [7, 11) is 0. The molecule has 0 saturated heterocycles. The first-order chi connectivity index (χ1) is 6.40. The molecule has 0 radical (unpaired) electrons. The predicted octanol–water partition coefficient (Wildman–Crippen LogP) is 1.30. The Hall–Kier alpha value is -1.06. The van der Waals surface area contributed by atoms with E-state index in [0.29, 0.717) is 13.0 Å². The molecule has 1 aliphatic heterocycles. The van der Waals surface area contributed by atoms with Gasteiger partial charge in [-0.25, -0.2) is 0 Å². The molecule has 70 valence electrons. The lowest BCUT2D eigenvalue weighted by molar-refractivity contribution is -0.116. The highest BCUT2D eigenvalue weighted by Crippen LogP contribution is 2.26. The first-order valence-electron chi connectivity index (χ1n) is 4.37. The number of ether oxygens (including phenoxy) is 2. The third kappa shape index (κ3) is 1.82. The van der Waals surface area contributed by atoms with E-state index in [9.17, 15) is 0 Å². The molecule has 0 spiro atoms. The zero-order chi connectivity index (χ0) is 9.10. The standard InChI is InChI=1S/C10H12O3/c11-6-5-10-12-7-8-3-1-2-4-9(8)13-10/h1-4,10-11H,5-7H2. The fourth-order valence-corrected chi connectivity index (χ4v) is 1.34. The molecule has 2 rings (SSSR count). The van der Waals surface area contributed by atoms with Gasteiger partial charge in [0.15, 0.2) is 0 Å². The predicted molar refractivity (Wildman–Crippen MR) is 47.3 cm³/mol. The molecule has 1 aromatic carbocycles. The molecule has 1 heterocycles. The molecule has 3 nitrogen and oxygen atoms in total. The van der Waals surface area contributed by atoms with Gasteiger partial charge in [-0.3, -0.25) is 0 Å². The maximum Gasteiger partial charge on any atom is 0.202 e. The summed E-state index contributed by atoms with van der Waals surface area (Å²) < 4.78 is 10.9. The van der Waals surface area contributed by atoms with E-state index < -0.39 is 0 Å². The smallest absolute Gasteiger partial charge is 0.202 e. The number of fused-ring (bicyclic) bond motifs is 1. The van der Waals surface area contributed by atoms with Crippen LogP contribution >= 0.6 is 0 Å². The molecule has 0 fully saturated rings. The molecular formula is C10H12O3. The van der Waals surface area contributed by atoms with Crippen molar-refractivity contribution in [2.75, 3.05) is 6.61 Å². The summed E-state index contributed by atoms with van der Waals surface area (Å²) in [4.78, 5) is 0. The van der Waals surface area contributed by atoms with Crippen molar-refractivity contribution in [3.05, 3.63) is 29.8 Å². The van der Waals surface area contributed by atoms with Crippen molar-refractivity contribution in [1.29, 1.82) is 0 Å². The van der Waals surface area contributed by atoms with E-state index in [1.54, 1.807) is 0 Å². The minimum atomic E-state index is -0.292. The van der Waals surface area contributed by atoms with E-state index in [0.717, 1.165) is 11.3 Å². The average Bonchev–Trinajstić information content (AvgIpc) is 2.18. The fourth-order valence-electron chi connectivity index (χ4n) is 1.34. The second-order valence-electron chi connectivity index (χ2n) is 2.98. The summed E-state index contributed by atoms with van der Waals surface area (Å²) in [5, 5.41) is 8.71. The van der Waals surface area contributed by atoms with Gasteiger partial charge in [-0.15, -0.1) is 0 Å². The third-order valence-corrected chi connectivity index (χ3v) is 2.02. The summed E-state index contributed by atoms with van der Waals surface area (Å²) in [5.74, 6) is 0.868. The van der Waals surface area contributed by atoms with Gasteiger partial charge < -0.3 is 14.6 Å². The molecule has 1 N–H and O–H groups in total. The quantitative estimate of drug-likeness (QED) is 0.745. The Morgan fingerprint density at radius 2 is 2.23 bits per heavy atom. The van der Waals surface area contributed by atoms with Gasteiger partial charge in [0.25, 0.3) is 0 Å². The molecule has 1 aromatic rings. The van der Waals surface area contributed by atoms with Crippen LogP contribution in [0.2, 0.25) is 0 Å². The number of benzene rings is 1. The topological polar surface area (TPSA) is 38.7 Å². The van der Waals surface area contributed by atoms with Crippen LogP contribution in [0.5, 0.6) is 5.75 Å². The van der Waals surface area contributed by atoms with E-state index >= 15 is 0 Å². The zero-order valence-electron chi connectivity index (χ0n) is 7.27. The minimum absolute atomic E-state index is 0.0901. The number of para-hydroxylation sites is 1. The molecule has 3 heteroatoms. The van der Waals surface area contributed by atoms with Crippen molar-refractivity contribution in [3.63, 3.8) is 0 Å². The van der Waals surface area contributed by atoms with E-state index in [2.05, 4.69) is 0 Å². The molecule has 0 amide bonds. The summed E-state index contributed by atoms with van der Waals surface area (Å²) in [6.07, 6.45) is 0.230. The van der Waals surface area contributed by atoms with Gasteiger partial charge in [0, 0.05) is 18.6 Å². The Morgan fingerprint density at radius 1 is 1.38 bits per heavy atom. The summed E-state index contributed by atoms with van der Waals surface area (Å²) in [5.41, 5.74) is 1.07. The summed E-state index contributed by atoms with van der Waals surface area (Å²) >= 11 is 0. The minimum Gasteiger partial charge on any atom is -0.464 e. The Kier molecular flexibility index (Phi) is 2.47. The first kappa shape index (κ1) is 8.53. The fraction of sp³-hybridized carbons (Fsp3) is 0.400. The molecule has 0 saturated carbocycles. The van der Waals surface area contributed by atoms with Crippen LogP contribution in [-0.2, 0) is 11.3 Å². The van der Waals surface area contributed by atoms with E-state index in [1.165, 1.54) is 0 Å². The Balaban J connectivity index is 2.11. The van der Waals surface area contributed by atoms with Crippen molar-refractivity contribution in [3.8, 4) is 5.75 Å². The monoisotopic (exact) mass is 180 g/mol. The molecular weight excluding hydrogens is 168 g/mol. The molecule has 0 aromatic heterocycles. The van der Waals surface area contributed by atoms with Crippen LogP contribution in [0, 0.1) is 0 Å². The highest BCUT2D eigenvalue weighted by molar-refractivity contribution is 5.33. The lowest BCUT2D eigenvalue weighted by Gasteiger charge is -2.25. The highest BCUT2D eigenvalue weighted by Gasteiger charge is 2.18. The van der Waals surface area contributed by atoms with Crippen LogP contribution in [0.15, 0.2) is 24.3 Å². The number of aliphatic hydroxyl groups excluding tert-OH is 1. The van der Waals surface area contributed by atoms with Crippen molar-refractivity contribution in [2.24, 2.45) is 0 Å². The van der Waals surface area contributed by atoms with Crippen molar-refractivity contribution in [2.45, 2.75) is 19.3 Å². The summed E-state index contributed by atoms with van der Waals surface area (Å²) in [6, 6.07) is 7.78. The van der Waals surface area contributed by atoms with Crippen molar-refractivity contribution in [1.82, 2.24) is 0 Å². The normalized spacial score (nSPS) is 20.5. The van der Waals surface area contributed by atoms with Gasteiger partial charge in [-0.05, 0) is 6.07 Å². The van der Waals surface area contributed by atoms with Crippen LogP contribution in [0.25, 0.3) is 0 Å². The van der Waals surface area contributed by atoms with Crippen LogP contribution in [0.1, 0.15) is 12.0 Å². The molecule has 1 aliphatic rings. The highest BCUT2D eigenvalue weighted by atomic mass is 16.7. The maximum absolute atomic E-state index is 8.71. The summed E-state index contributed by atoms with van der Waals surface area (Å²) in [6.45, 7) is 0.660. The Morgan fingerprint density at radius 3 is 3.08 bits per heavy atom. The lowest BCUT2D eigenvalue weighted by atomic mass is 10.2. The second kappa shape index (κ2) is 3.77. The third-order valence-electron chi connectivity index (χ3n) is 2.02. The van der Waals surface area contributed by atoms with Crippen molar-refractivity contribution < 1.29 is 14.6 Å². The number of hydrogen-bond acceptors (Lipinski definition) is 3. The average molecular weight is 180 g/mol. The Labute approximate surface area is 76.9 Å². The largest absolute Gasteiger partial charge is 0.464 e. The molecule has 13 heavy (non-hydrogen) atoms. The van der Waals surface area contributed by atoms with Crippen LogP contribution in [-0.4, -0.2) is 18.0 Å². The van der Waals surface area contributed by atoms with Crippen molar-refractivity contribution >= 4 is 0 Å². The number of hydrogen-bond donors (Lipinski definition) is 1. The molecule has 1 atom stereocenters. The van der Waals surface area contributed by atoms with Crippen LogP contribution in [0.3, 0.4) is 0 Å². The van der Waals surface area contributed by atoms with Gasteiger partial charge in [0.2, 0.25) is 6.29 Å². The van der Waals surface area contributed by atoms with Crippen LogP contribution in [0.4, 0.5) is 0 Å². The number of aliphatic hydroxyl groups is 1. The van der Waals surface area contributed by atoms with E-state index in [4.69, 9.17) is 14.6 Å².